The average Bonchev–Trinajstić information content (AvgIpc) is 3.02. The molecule has 3 N–H and O–H groups in total. The number of hydrogen-bond acceptors (Lipinski definition) is 7. The number of aromatic nitrogens is 1. The minimum absolute atomic E-state index is 0.0999. The van der Waals surface area contributed by atoms with Crippen LogP contribution in [-0.4, -0.2) is 61.2 Å². The molecule has 0 bridgehead atoms. The van der Waals surface area contributed by atoms with Gasteiger partial charge in [0.05, 0.1) is 23.1 Å². The van der Waals surface area contributed by atoms with Crippen molar-refractivity contribution < 1.29 is 35.9 Å². The summed E-state index contributed by atoms with van der Waals surface area (Å²) in [6.45, 7) is 0.672. The highest BCUT2D eigenvalue weighted by molar-refractivity contribution is 7.88. The van der Waals surface area contributed by atoms with E-state index in [2.05, 4.69) is 10.1 Å². The van der Waals surface area contributed by atoms with Crippen molar-refractivity contribution in [3.63, 3.8) is 0 Å². The Hall–Kier alpha value is -2.63. The van der Waals surface area contributed by atoms with Gasteiger partial charge >= 0.3 is 12.1 Å². The Morgan fingerprint density at radius 3 is 2.32 bits per heavy atom. The number of primary amides is 1. The molecule has 3 rings (SSSR count). The third kappa shape index (κ3) is 4.39. The maximum Gasteiger partial charge on any atom is 0.490 e. The quantitative estimate of drug-likeness (QED) is 0.611. The molecule has 10 nitrogen and oxygen atoms in total. The molecular weight excluding hydrogens is 443 g/mol. The number of esters is 1. The molecule has 0 saturated carbocycles. The van der Waals surface area contributed by atoms with E-state index < -0.39 is 34.3 Å². The monoisotopic (exact) mass is 463 g/mol. The fourth-order valence-electron chi connectivity index (χ4n) is 4.09. The van der Waals surface area contributed by atoms with Gasteiger partial charge in [-0.15, -0.1) is 0 Å². The Kier molecular flexibility index (Phi) is 6.05. The van der Waals surface area contributed by atoms with Crippen LogP contribution in [0.2, 0.25) is 0 Å². The molecule has 14 heteroatoms. The van der Waals surface area contributed by atoms with E-state index in [0.29, 0.717) is 18.5 Å². The SMILES string of the molecule is CS(=O)(=O)N1CCC(c2c(C#N)c(C(N)=O)c3n2CCNC3OC(=O)C(F)(F)F)CC1. The second kappa shape index (κ2) is 8.13. The number of piperidine rings is 1. The van der Waals surface area contributed by atoms with Crippen molar-refractivity contribution in [3.8, 4) is 6.07 Å². The Bertz CT molecular complexity index is 1050. The smallest absolute Gasteiger partial charge is 0.434 e. The summed E-state index contributed by atoms with van der Waals surface area (Å²) in [6, 6.07) is 1.90. The molecule has 0 radical (unpaired) electrons. The zero-order valence-corrected chi connectivity index (χ0v) is 17.2. The summed E-state index contributed by atoms with van der Waals surface area (Å²) in [4.78, 5) is 23.5. The number of amides is 1. The van der Waals surface area contributed by atoms with Gasteiger partial charge in [0.2, 0.25) is 10.0 Å². The molecule has 1 unspecified atom stereocenters. The number of rotatable bonds is 4. The second-order valence-electron chi connectivity index (χ2n) is 7.32. The number of nitrogens with zero attached hydrogens (tertiary/aromatic N) is 3. The molecule has 31 heavy (non-hydrogen) atoms. The largest absolute Gasteiger partial charge is 0.490 e. The molecule has 2 aliphatic rings. The van der Waals surface area contributed by atoms with Gasteiger partial charge in [-0.2, -0.15) is 18.4 Å². The number of hydrogen-bond donors (Lipinski definition) is 2. The first-order valence-electron chi connectivity index (χ1n) is 9.28. The third-order valence-corrected chi connectivity index (χ3v) is 6.68. The fourth-order valence-corrected chi connectivity index (χ4v) is 4.97. The van der Waals surface area contributed by atoms with E-state index in [1.165, 1.54) is 8.87 Å². The molecule has 0 aromatic carbocycles. The van der Waals surface area contributed by atoms with Crippen LogP contribution in [0.5, 0.6) is 0 Å². The number of nitriles is 1. The van der Waals surface area contributed by atoms with E-state index in [9.17, 15) is 36.4 Å². The van der Waals surface area contributed by atoms with E-state index in [-0.39, 0.29) is 48.9 Å². The van der Waals surface area contributed by atoms with Crippen molar-refractivity contribution in [2.24, 2.45) is 5.73 Å². The number of carbonyl (C=O) groups excluding carboxylic acids is 2. The van der Waals surface area contributed by atoms with E-state index in [4.69, 9.17) is 5.73 Å². The summed E-state index contributed by atoms with van der Waals surface area (Å²) in [5.41, 5.74) is 5.29. The molecule has 0 spiro atoms. The highest BCUT2D eigenvalue weighted by atomic mass is 32.2. The van der Waals surface area contributed by atoms with E-state index in [1.807, 2.05) is 6.07 Å². The molecule has 1 atom stereocenters. The van der Waals surface area contributed by atoms with Crippen LogP contribution < -0.4 is 11.1 Å². The van der Waals surface area contributed by atoms with Gasteiger partial charge in [-0.25, -0.2) is 17.5 Å². The molecule has 2 aliphatic heterocycles. The van der Waals surface area contributed by atoms with Crippen LogP contribution in [0.1, 0.15) is 52.3 Å². The zero-order valence-electron chi connectivity index (χ0n) is 16.4. The summed E-state index contributed by atoms with van der Waals surface area (Å²) in [6.07, 6.45) is -5.11. The van der Waals surface area contributed by atoms with Crippen LogP contribution in [0.4, 0.5) is 13.2 Å². The van der Waals surface area contributed by atoms with Gasteiger partial charge in [-0.05, 0) is 12.8 Å². The van der Waals surface area contributed by atoms with Gasteiger partial charge < -0.3 is 15.0 Å². The lowest BCUT2D eigenvalue weighted by atomic mass is 9.91. The van der Waals surface area contributed by atoms with Crippen molar-refractivity contribution in [3.05, 3.63) is 22.5 Å². The van der Waals surface area contributed by atoms with Crippen molar-refractivity contribution >= 4 is 21.9 Å². The number of alkyl halides is 3. The van der Waals surface area contributed by atoms with E-state index >= 15 is 0 Å². The first-order chi connectivity index (χ1) is 14.4. The third-order valence-electron chi connectivity index (χ3n) is 5.38. The average molecular weight is 463 g/mol. The maximum atomic E-state index is 12.7. The van der Waals surface area contributed by atoms with Gasteiger partial charge in [-0.1, -0.05) is 0 Å². The lowest BCUT2D eigenvalue weighted by molar-refractivity contribution is -0.207. The van der Waals surface area contributed by atoms with Gasteiger partial charge in [-0.3, -0.25) is 10.1 Å². The predicted octanol–water partition coefficient (Wildman–Crippen LogP) is 0.305. The van der Waals surface area contributed by atoms with Crippen LogP contribution in [0.25, 0.3) is 0 Å². The maximum absolute atomic E-state index is 12.7. The van der Waals surface area contributed by atoms with Crippen LogP contribution in [-0.2, 0) is 26.1 Å². The first-order valence-corrected chi connectivity index (χ1v) is 11.1. The van der Waals surface area contributed by atoms with Crippen LogP contribution in [0.15, 0.2) is 0 Å². The van der Waals surface area contributed by atoms with Crippen LogP contribution in [0.3, 0.4) is 0 Å². The molecular formula is C17H20F3N5O5S. The van der Waals surface area contributed by atoms with E-state index in [1.54, 1.807) is 0 Å². The Morgan fingerprint density at radius 1 is 1.23 bits per heavy atom. The molecule has 1 aromatic heterocycles. The lowest BCUT2D eigenvalue weighted by Crippen LogP contribution is -2.41. The highest BCUT2D eigenvalue weighted by Crippen LogP contribution is 2.39. The van der Waals surface area contributed by atoms with Crippen molar-refractivity contribution in [2.45, 2.75) is 37.7 Å². The second-order valence-corrected chi connectivity index (χ2v) is 9.30. The standard InChI is InChI=1S/C17H20F3N5O5S/c1-31(28,29)24-5-2-9(3-6-24)12-10(8-21)11(14(22)26)13-15(23-4-7-25(12)13)30-16(27)17(18,19)20/h9,15,23H,2-7H2,1H3,(H2,22,26). The number of sulfonamides is 1. The molecule has 1 amide bonds. The summed E-state index contributed by atoms with van der Waals surface area (Å²) in [5, 5.41) is 12.3. The number of carbonyl (C=O) groups is 2. The number of nitrogens with one attached hydrogen (secondary N) is 1. The Balaban J connectivity index is 2.05. The Morgan fingerprint density at radius 2 is 1.84 bits per heavy atom. The summed E-state index contributed by atoms with van der Waals surface area (Å²) >= 11 is 0. The number of nitrogens with two attached hydrogens (primary N) is 1. The van der Waals surface area contributed by atoms with Gasteiger partial charge in [0.25, 0.3) is 5.91 Å². The minimum Gasteiger partial charge on any atom is -0.434 e. The molecule has 0 aliphatic carbocycles. The van der Waals surface area contributed by atoms with Gasteiger partial charge in [0, 0.05) is 37.8 Å². The predicted molar refractivity (Wildman–Crippen MR) is 98.9 cm³/mol. The molecule has 1 saturated heterocycles. The molecule has 1 fully saturated rings. The molecule has 1 aromatic rings. The van der Waals surface area contributed by atoms with Crippen molar-refractivity contribution in [1.29, 1.82) is 5.26 Å². The number of ether oxygens (including phenoxy) is 1. The zero-order chi connectivity index (χ0) is 23.1. The topological polar surface area (TPSA) is 148 Å². The van der Waals surface area contributed by atoms with E-state index in [0.717, 1.165) is 6.26 Å². The van der Waals surface area contributed by atoms with Crippen molar-refractivity contribution in [2.75, 3.05) is 25.9 Å². The first kappa shape index (κ1) is 23.0. The normalized spacial score (nSPS) is 20.7. The summed E-state index contributed by atoms with van der Waals surface area (Å²) in [5.74, 6) is -3.83. The summed E-state index contributed by atoms with van der Waals surface area (Å²) in [7, 11) is -3.40. The Labute approximate surface area is 175 Å². The highest BCUT2D eigenvalue weighted by Gasteiger charge is 2.45. The number of halogens is 3. The van der Waals surface area contributed by atoms with Gasteiger partial charge in [0.1, 0.15) is 6.07 Å². The fraction of sp³-hybridized carbons (Fsp3) is 0.588. The molecule has 170 valence electrons. The molecule has 3 heterocycles. The summed E-state index contributed by atoms with van der Waals surface area (Å²) < 4.78 is 69.0. The minimum atomic E-state index is -5.25. The van der Waals surface area contributed by atoms with Crippen LogP contribution in [0, 0.1) is 11.3 Å². The van der Waals surface area contributed by atoms with Crippen molar-refractivity contribution in [1.82, 2.24) is 14.2 Å². The number of fused-ring (bicyclic) bond motifs is 1. The lowest BCUT2D eigenvalue weighted by Gasteiger charge is -2.33. The van der Waals surface area contributed by atoms with Crippen LogP contribution >= 0.6 is 0 Å². The van der Waals surface area contributed by atoms with Gasteiger partial charge in [0.15, 0.2) is 6.23 Å².